The predicted octanol–water partition coefficient (Wildman–Crippen LogP) is 3.85. The number of halogens is 1. The first-order valence-electron chi connectivity index (χ1n) is 6.68. The number of hydrogen-bond acceptors (Lipinski definition) is 3. The van der Waals surface area contributed by atoms with Gasteiger partial charge in [0.1, 0.15) is 0 Å². The molecule has 22 heavy (non-hydrogen) atoms. The zero-order chi connectivity index (χ0) is 15.5. The highest BCUT2D eigenvalue weighted by atomic mass is 35.5. The zero-order valence-corrected chi connectivity index (χ0v) is 12.6. The van der Waals surface area contributed by atoms with E-state index >= 15 is 0 Å². The fourth-order valence-corrected chi connectivity index (χ4v) is 2.41. The van der Waals surface area contributed by atoms with E-state index in [1.807, 2.05) is 36.4 Å². The maximum atomic E-state index is 12.2. The van der Waals surface area contributed by atoms with Crippen LogP contribution in [0.4, 0.5) is 0 Å². The van der Waals surface area contributed by atoms with Crippen molar-refractivity contribution in [3.8, 4) is 11.3 Å². The van der Waals surface area contributed by atoms with E-state index in [1.165, 1.54) is 7.11 Å². The molecule has 1 heterocycles. The Morgan fingerprint density at radius 3 is 2.59 bits per heavy atom. The molecule has 0 bridgehead atoms. The van der Waals surface area contributed by atoms with Gasteiger partial charge in [0.05, 0.1) is 23.9 Å². The lowest BCUT2D eigenvalue weighted by molar-refractivity contribution is 0.0539. The first-order valence-corrected chi connectivity index (χ1v) is 7.06. The number of hydroxylamine groups is 1. The Bertz CT molecular complexity index is 832. The van der Waals surface area contributed by atoms with Crippen LogP contribution in [0.25, 0.3) is 22.2 Å². The summed E-state index contributed by atoms with van der Waals surface area (Å²) in [5.41, 5.74) is 5.21. The number of para-hydroxylation sites is 1. The molecule has 0 atom stereocenters. The smallest absolute Gasteiger partial charge is 0.275 e. The molecule has 110 valence electrons. The number of nitrogens with zero attached hydrogens (tertiary/aromatic N) is 1. The summed E-state index contributed by atoms with van der Waals surface area (Å²) in [6.45, 7) is 0. The molecular weight excluding hydrogens is 300 g/mol. The number of carbonyl (C=O) groups is 1. The molecule has 0 aliphatic rings. The molecule has 0 saturated heterocycles. The van der Waals surface area contributed by atoms with Crippen molar-refractivity contribution >= 4 is 28.4 Å². The molecule has 2 aromatic carbocycles. The van der Waals surface area contributed by atoms with E-state index in [9.17, 15) is 4.79 Å². The van der Waals surface area contributed by atoms with E-state index in [-0.39, 0.29) is 5.91 Å². The Morgan fingerprint density at radius 2 is 1.86 bits per heavy atom. The lowest BCUT2D eigenvalue weighted by Crippen LogP contribution is -2.22. The van der Waals surface area contributed by atoms with Crippen LogP contribution in [0.1, 0.15) is 10.4 Å². The summed E-state index contributed by atoms with van der Waals surface area (Å²) in [6.07, 6.45) is 0. The Balaban J connectivity index is 2.20. The summed E-state index contributed by atoms with van der Waals surface area (Å²) < 4.78 is 0. The van der Waals surface area contributed by atoms with E-state index in [1.54, 1.807) is 18.2 Å². The summed E-state index contributed by atoms with van der Waals surface area (Å²) in [5.74, 6) is -0.309. The van der Waals surface area contributed by atoms with Crippen molar-refractivity contribution in [1.29, 1.82) is 0 Å². The van der Waals surface area contributed by atoms with E-state index in [0.29, 0.717) is 16.3 Å². The molecule has 1 amide bonds. The van der Waals surface area contributed by atoms with Gasteiger partial charge in [0.15, 0.2) is 0 Å². The van der Waals surface area contributed by atoms with Crippen LogP contribution in [0, 0.1) is 0 Å². The average Bonchev–Trinajstić information content (AvgIpc) is 2.54. The van der Waals surface area contributed by atoms with Gasteiger partial charge in [0.2, 0.25) is 0 Å². The third kappa shape index (κ3) is 2.79. The van der Waals surface area contributed by atoms with Crippen molar-refractivity contribution in [1.82, 2.24) is 10.5 Å². The molecule has 4 nitrogen and oxygen atoms in total. The van der Waals surface area contributed by atoms with E-state index in [0.717, 1.165) is 16.5 Å². The molecule has 0 radical (unpaired) electrons. The number of fused-ring (bicyclic) bond motifs is 1. The number of hydrogen-bond donors (Lipinski definition) is 1. The lowest BCUT2D eigenvalue weighted by atomic mass is 10.0. The van der Waals surface area contributed by atoms with Gasteiger partial charge in [-0.15, -0.1) is 0 Å². The second kappa shape index (κ2) is 6.13. The molecule has 1 aromatic heterocycles. The second-order valence-corrected chi connectivity index (χ2v) is 5.15. The monoisotopic (exact) mass is 312 g/mol. The van der Waals surface area contributed by atoms with Crippen LogP contribution in [0.3, 0.4) is 0 Å². The molecule has 5 heteroatoms. The summed E-state index contributed by atoms with van der Waals surface area (Å²) in [7, 11) is 1.40. The van der Waals surface area contributed by atoms with Crippen molar-refractivity contribution < 1.29 is 9.63 Å². The third-order valence-electron chi connectivity index (χ3n) is 3.30. The SMILES string of the molecule is CONC(=O)c1cc(-c2ccc(Cl)cc2)nc2ccccc12. The normalized spacial score (nSPS) is 10.6. The minimum atomic E-state index is -0.309. The molecule has 0 saturated carbocycles. The number of amides is 1. The van der Waals surface area contributed by atoms with Gasteiger partial charge >= 0.3 is 0 Å². The van der Waals surface area contributed by atoms with Gasteiger partial charge in [-0.2, -0.15) is 0 Å². The fourth-order valence-electron chi connectivity index (χ4n) is 2.28. The maximum Gasteiger partial charge on any atom is 0.275 e. The first kappa shape index (κ1) is 14.5. The fraction of sp³-hybridized carbons (Fsp3) is 0.0588. The Labute approximate surface area is 132 Å². The van der Waals surface area contributed by atoms with Gasteiger partial charge in [0.25, 0.3) is 5.91 Å². The quantitative estimate of drug-likeness (QED) is 0.747. The number of aromatic nitrogens is 1. The van der Waals surface area contributed by atoms with Crippen LogP contribution in [0.5, 0.6) is 0 Å². The molecule has 0 aliphatic heterocycles. The van der Waals surface area contributed by atoms with Crippen molar-refractivity contribution in [2.24, 2.45) is 0 Å². The van der Waals surface area contributed by atoms with Gasteiger partial charge < -0.3 is 0 Å². The zero-order valence-electron chi connectivity index (χ0n) is 11.8. The minimum Gasteiger partial charge on any atom is -0.277 e. The van der Waals surface area contributed by atoms with E-state index in [4.69, 9.17) is 16.4 Å². The van der Waals surface area contributed by atoms with Crippen LogP contribution in [0.15, 0.2) is 54.6 Å². The highest BCUT2D eigenvalue weighted by Crippen LogP contribution is 2.25. The van der Waals surface area contributed by atoms with Gasteiger partial charge in [0, 0.05) is 16.0 Å². The van der Waals surface area contributed by atoms with Crippen molar-refractivity contribution in [3.05, 3.63) is 65.2 Å². The van der Waals surface area contributed by atoms with Crippen molar-refractivity contribution in [3.63, 3.8) is 0 Å². The Kier molecular flexibility index (Phi) is 4.04. The highest BCUT2D eigenvalue weighted by molar-refractivity contribution is 6.30. The molecule has 0 fully saturated rings. The first-order chi connectivity index (χ1) is 10.7. The number of rotatable bonds is 3. The highest BCUT2D eigenvalue weighted by Gasteiger charge is 2.13. The maximum absolute atomic E-state index is 12.2. The summed E-state index contributed by atoms with van der Waals surface area (Å²) >= 11 is 5.92. The van der Waals surface area contributed by atoms with Crippen molar-refractivity contribution in [2.75, 3.05) is 7.11 Å². The molecule has 0 aliphatic carbocycles. The van der Waals surface area contributed by atoms with E-state index < -0.39 is 0 Å². The number of carbonyl (C=O) groups excluding carboxylic acids is 1. The number of nitrogens with one attached hydrogen (secondary N) is 1. The second-order valence-electron chi connectivity index (χ2n) is 4.71. The summed E-state index contributed by atoms with van der Waals surface area (Å²) in [5, 5.41) is 1.43. The molecule has 0 spiro atoms. The average molecular weight is 313 g/mol. The van der Waals surface area contributed by atoms with Crippen molar-refractivity contribution in [2.45, 2.75) is 0 Å². The molecule has 0 unspecified atom stereocenters. The van der Waals surface area contributed by atoms with Crippen LogP contribution in [-0.4, -0.2) is 18.0 Å². The van der Waals surface area contributed by atoms with Gasteiger partial charge in [-0.05, 0) is 24.3 Å². The summed E-state index contributed by atoms with van der Waals surface area (Å²) in [4.78, 5) is 21.6. The topological polar surface area (TPSA) is 51.2 Å². The molecular formula is C17H13ClN2O2. The standard InChI is InChI=1S/C17H13ClN2O2/c1-22-20-17(21)14-10-16(11-6-8-12(18)9-7-11)19-15-5-3-2-4-13(14)15/h2-10H,1H3,(H,20,21). The third-order valence-corrected chi connectivity index (χ3v) is 3.55. The van der Waals surface area contributed by atoms with Gasteiger partial charge in [-0.1, -0.05) is 41.9 Å². The van der Waals surface area contributed by atoms with E-state index in [2.05, 4.69) is 10.5 Å². The van der Waals surface area contributed by atoms with Gasteiger partial charge in [-0.25, -0.2) is 10.5 Å². The predicted molar refractivity (Wildman–Crippen MR) is 86.7 cm³/mol. The van der Waals surface area contributed by atoms with Gasteiger partial charge in [-0.3, -0.25) is 9.63 Å². The number of pyridine rings is 1. The van der Waals surface area contributed by atoms with Crippen LogP contribution in [-0.2, 0) is 4.84 Å². The Morgan fingerprint density at radius 1 is 1.14 bits per heavy atom. The molecule has 3 aromatic rings. The lowest BCUT2D eigenvalue weighted by Gasteiger charge is -2.09. The Hall–Kier alpha value is -2.43. The molecule has 3 rings (SSSR count). The number of benzene rings is 2. The van der Waals surface area contributed by atoms with Crippen LogP contribution < -0.4 is 5.48 Å². The molecule has 1 N–H and O–H groups in total. The summed E-state index contributed by atoms with van der Waals surface area (Å²) in [6, 6.07) is 16.6. The largest absolute Gasteiger partial charge is 0.277 e. The van der Waals surface area contributed by atoms with Crippen LogP contribution >= 0.6 is 11.6 Å². The van der Waals surface area contributed by atoms with Crippen LogP contribution in [0.2, 0.25) is 5.02 Å². The minimum absolute atomic E-state index is 0.309.